The van der Waals surface area contributed by atoms with Crippen LogP contribution in [0.5, 0.6) is 0 Å². The Bertz CT molecular complexity index is 820. The molecular weight excluding hydrogens is 368 g/mol. The maximum absolute atomic E-state index is 12.8. The molecule has 2 heterocycles. The standard InChI is InChI=1S/C22H28N4O3/c1-3-29-22(28)26-13-10-18(11-14-26)24-19-9-12-23-20(15-19)21(27)25(2)16-17-7-5-4-6-8-17/h4-9,12,15,18H,3,10-11,13-14,16H2,1-2H3,(H,23,24). The van der Waals surface area contributed by atoms with Gasteiger partial charge in [-0.25, -0.2) is 4.79 Å². The van der Waals surface area contributed by atoms with Crippen LogP contribution in [0.1, 0.15) is 35.8 Å². The summed E-state index contributed by atoms with van der Waals surface area (Å²) in [6, 6.07) is 13.8. The number of nitrogens with zero attached hydrogens (tertiary/aromatic N) is 3. The van der Waals surface area contributed by atoms with Crippen LogP contribution in [0.4, 0.5) is 10.5 Å². The lowest BCUT2D eigenvalue weighted by Gasteiger charge is -2.32. The average molecular weight is 396 g/mol. The molecular formula is C22H28N4O3. The third-order valence-corrected chi connectivity index (χ3v) is 4.98. The number of hydrogen-bond donors (Lipinski definition) is 1. The van der Waals surface area contributed by atoms with Gasteiger partial charge in [-0.05, 0) is 37.5 Å². The van der Waals surface area contributed by atoms with E-state index in [2.05, 4.69) is 10.3 Å². The topological polar surface area (TPSA) is 74.8 Å². The summed E-state index contributed by atoms with van der Waals surface area (Å²) >= 11 is 0. The van der Waals surface area contributed by atoms with Crippen LogP contribution < -0.4 is 5.32 Å². The molecule has 1 aromatic heterocycles. The van der Waals surface area contributed by atoms with E-state index < -0.39 is 0 Å². The Morgan fingerprint density at radius 3 is 2.62 bits per heavy atom. The van der Waals surface area contributed by atoms with Crippen molar-refractivity contribution in [3.05, 3.63) is 59.9 Å². The number of likely N-dealkylation sites (tertiary alicyclic amines) is 1. The number of piperidine rings is 1. The van der Waals surface area contributed by atoms with E-state index in [-0.39, 0.29) is 18.0 Å². The predicted octanol–water partition coefficient (Wildman–Crippen LogP) is 3.39. The highest BCUT2D eigenvalue weighted by Crippen LogP contribution is 2.18. The molecule has 1 saturated heterocycles. The number of pyridine rings is 1. The fourth-order valence-corrected chi connectivity index (χ4v) is 3.42. The van der Waals surface area contributed by atoms with Gasteiger partial charge in [0, 0.05) is 44.6 Å². The second-order valence-electron chi connectivity index (χ2n) is 7.18. The molecule has 0 radical (unpaired) electrons. The molecule has 0 spiro atoms. The summed E-state index contributed by atoms with van der Waals surface area (Å²) in [5.41, 5.74) is 2.36. The normalized spacial score (nSPS) is 14.3. The molecule has 0 atom stereocenters. The zero-order valence-electron chi connectivity index (χ0n) is 17.0. The summed E-state index contributed by atoms with van der Waals surface area (Å²) in [7, 11) is 1.78. The van der Waals surface area contributed by atoms with E-state index in [1.54, 1.807) is 29.1 Å². The number of carbonyl (C=O) groups is 2. The van der Waals surface area contributed by atoms with E-state index in [1.807, 2.05) is 43.3 Å². The van der Waals surface area contributed by atoms with Gasteiger partial charge in [0.15, 0.2) is 0 Å². The molecule has 29 heavy (non-hydrogen) atoms. The van der Waals surface area contributed by atoms with Crippen LogP contribution in [0, 0.1) is 0 Å². The zero-order chi connectivity index (χ0) is 20.6. The lowest BCUT2D eigenvalue weighted by molar-refractivity contribution is 0.0779. The maximum Gasteiger partial charge on any atom is 0.409 e. The fraction of sp³-hybridized carbons (Fsp3) is 0.409. The van der Waals surface area contributed by atoms with Gasteiger partial charge in [0.2, 0.25) is 0 Å². The van der Waals surface area contributed by atoms with E-state index in [0.29, 0.717) is 31.9 Å². The van der Waals surface area contributed by atoms with Crippen LogP contribution in [0.25, 0.3) is 0 Å². The monoisotopic (exact) mass is 396 g/mol. The summed E-state index contributed by atoms with van der Waals surface area (Å²) in [5.74, 6) is -0.116. The first-order valence-corrected chi connectivity index (χ1v) is 10.0. The van der Waals surface area contributed by atoms with E-state index >= 15 is 0 Å². The zero-order valence-corrected chi connectivity index (χ0v) is 17.0. The number of anilines is 1. The number of nitrogens with one attached hydrogen (secondary N) is 1. The molecule has 7 heteroatoms. The van der Waals surface area contributed by atoms with Crippen LogP contribution in [0.2, 0.25) is 0 Å². The van der Waals surface area contributed by atoms with Crippen molar-refractivity contribution in [2.45, 2.75) is 32.4 Å². The van der Waals surface area contributed by atoms with Gasteiger partial charge in [0.1, 0.15) is 5.69 Å². The minimum absolute atomic E-state index is 0.116. The lowest BCUT2D eigenvalue weighted by atomic mass is 10.1. The van der Waals surface area contributed by atoms with Crippen molar-refractivity contribution in [1.29, 1.82) is 0 Å². The van der Waals surface area contributed by atoms with Crippen molar-refractivity contribution in [1.82, 2.24) is 14.8 Å². The Labute approximate surface area is 171 Å². The van der Waals surface area contributed by atoms with E-state index in [4.69, 9.17) is 4.74 Å². The molecule has 0 unspecified atom stereocenters. The van der Waals surface area contributed by atoms with Crippen molar-refractivity contribution >= 4 is 17.7 Å². The first-order chi connectivity index (χ1) is 14.1. The quantitative estimate of drug-likeness (QED) is 0.810. The van der Waals surface area contributed by atoms with Crippen molar-refractivity contribution < 1.29 is 14.3 Å². The van der Waals surface area contributed by atoms with Crippen LogP contribution in [0.15, 0.2) is 48.7 Å². The number of ether oxygens (including phenoxy) is 1. The third kappa shape index (κ3) is 5.70. The Hall–Kier alpha value is -3.09. The van der Waals surface area contributed by atoms with Gasteiger partial charge in [0.05, 0.1) is 6.61 Å². The Morgan fingerprint density at radius 2 is 1.93 bits per heavy atom. The minimum atomic E-state index is -0.246. The summed E-state index contributed by atoms with van der Waals surface area (Å²) < 4.78 is 5.06. The van der Waals surface area contributed by atoms with E-state index in [0.717, 1.165) is 24.1 Å². The number of aromatic nitrogens is 1. The molecule has 1 aliphatic heterocycles. The molecule has 0 bridgehead atoms. The molecule has 1 fully saturated rings. The molecule has 7 nitrogen and oxygen atoms in total. The highest BCUT2D eigenvalue weighted by molar-refractivity contribution is 5.92. The molecule has 0 saturated carbocycles. The van der Waals surface area contributed by atoms with Crippen LogP contribution in [-0.2, 0) is 11.3 Å². The first kappa shape index (κ1) is 20.6. The minimum Gasteiger partial charge on any atom is -0.450 e. The first-order valence-electron chi connectivity index (χ1n) is 10.0. The summed E-state index contributed by atoms with van der Waals surface area (Å²) in [6.07, 6.45) is 3.07. The van der Waals surface area contributed by atoms with Gasteiger partial charge >= 0.3 is 6.09 Å². The van der Waals surface area contributed by atoms with E-state index in [1.165, 1.54) is 0 Å². The highest BCUT2D eigenvalue weighted by atomic mass is 16.6. The van der Waals surface area contributed by atoms with Gasteiger partial charge in [-0.2, -0.15) is 0 Å². The van der Waals surface area contributed by atoms with Crippen molar-refractivity contribution in [3.63, 3.8) is 0 Å². The molecule has 0 aliphatic carbocycles. The number of benzene rings is 1. The van der Waals surface area contributed by atoms with Gasteiger partial charge in [-0.1, -0.05) is 30.3 Å². The number of amides is 2. The van der Waals surface area contributed by atoms with Gasteiger partial charge in [0.25, 0.3) is 5.91 Å². The van der Waals surface area contributed by atoms with Crippen molar-refractivity contribution in [2.24, 2.45) is 0 Å². The molecule has 1 aromatic carbocycles. The second kappa shape index (κ2) is 9.91. The Morgan fingerprint density at radius 1 is 1.21 bits per heavy atom. The van der Waals surface area contributed by atoms with Crippen molar-refractivity contribution in [2.75, 3.05) is 32.1 Å². The molecule has 3 rings (SSSR count). The smallest absolute Gasteiger partial charge is 0.409 e. The molecule has 2 aromatic rings. The SMILES string of the molecule is CCOC(=O)N1CCC(Nc2ccnc(C(=O)N(C)Cc3ccccc3)c2)CC1. The average Bonchev–Trinajstić information content (AvgIpc) is 2.75. The Kier molecular flexibility index (Phi) is 7.05. The Balaban J connectivity index is 1.55. The van der Waals surface area contributed by atoms with Crippen LogP contribution in [-0.4, -0.2) is 59.6 Å². The fourth-order valence-electron chi connectivity index (χ4n) is 3.42. The third-order valence-electron chi connectivity index (χ3n) is 4.98. The molecule has 2 amide bonds. The van der Waals surface area contributed by atoms with Crippen molar-refractivity contribution in [3.8, 4) is 0 Å². The van der Waals surface area contributed by atoms with Gasteiger partial charge < -0.3 is 19.9 Å². The summed E-state index contributed by atoms with van der Waals surface area (Å²) in [6.45, 7) is 4.06. The maximum atomic E-state index is 12.8. The number of carbonyl (C=O) groups excluding carboxylic acids is 2. The van der Waals surface area contributed by atoms with E-state index in [9.17, 15) is 9.59 Å². The molecule has 154 valence electrons. The summed E-state index contributed by atoms with van der Waals surface area (Å²) in [5, 5.41) is 3.47. The number of hydrogen-bond acceptors (Lipinski definition) is 5. The highest BCUT2D eigenvalue weighted by Gasteiger charge is 2.23. The van der Waals surface area contributed by atoms with Gasteiger partial charge in [-0.3, -0.25) is 9.78 Å². The van der Waals surface area contributed by atoms with Crippen LogP contribution in [0.3, 0.4) is 0 Å². The lowest BCUT2D eigenvalue weighted by Crippen LogP contribution is -2.42. The molecule has 1 N–H and O–H groups in total. The van der Waals surface area contributed by atoms with Gasteiger partial charge in [-0.15, -0.1) is 0 Å². The predicted molar refractivity (Wildman–Crippen MR) is 112 cm³/mol. The van der Waals surface area contributed by atoms with Crippen LogP contribution >= 0.6 is 0 Å². The second-order valence-corrected chi connectivity index (χ2v) is 7.18. The summed E-state index contributed by atoms with van der Waals surface area (Å²) in [4.78, 5) is 32.2. The number of rotatable bonds is 6. The molecule has 1 aliphatic rings. The largest absolute Gasteiger partial charge is 0.450 e.